The fraction of sp³-hybridized carbons (Fsp3) is 0.381. The summed E-state index contributed by atoms with van der Waals surface area (Å²) in [5.74, 6) is -0.327. The van der Waals surface area contributed by atoms with Gasteiger partial charge in [-0.15, -0.1) is 0 Å². The van der Waals surface area contributed by atoms with Crippen LogP contribution in [0.4, 0.5) is 5.82 Å². The van der Waals surface area contributed by atoms with E-state index in [1.165, 1.54) is 23.5 Å². The number of nitrogens with one attached hydrogen (secondary N) is 2. The second kappa shape index (κ2) is 9.88. The molecular weight excluding hydrogens is 420 g/mol. The number of aromatic nitrogens is 1. The standard InChI is InChI=1S/C21H26N4O5S/c1-15(20(26)24-19-7-3-4-12-22-19)23-21(27)16-6-5-13-25(14-16)31(28,29)18-10-8-17(30-2)9-11-18/h3-4,7-12,15-16H,5-6,13-14H2,1-2H3,(H,23,27)(H,22,24,26)/t15-,16?/m1/s1. The summed E-state index contributed by atoms with van der Waals surface area (Å²) in [5, 5.41) is 5.31. The lowest BCUT2D eigenvalue weighted by Gasteiger charge is -2.31. The minimum atomic E-state index is -3.73. The summed E-state index contributed by atoms with van der Waals surface area (Å²) in [6.07, 6.45) is 2.66. The highest BCUT2D eigenvalue weighted by atomic mass is 32.2. The molecule has 1 unspecified atom stereocenters. The molecule has 0 saturated carbocycles. The van der Waals surface area contributed by atoms with E-state index in [-0.39, 0.29) is 17.3 Å². The molecule has 2 atom stereocenters. The number of carbonyl (C=O) groups is 2. The van der Waals surface area contributed by atoms with Crippen LogP contribution in [0, 0.1) is 5.92 Å². The SMILES string of the molecule is COc1ccc(S(=O)(=O)N2CCCC(C(=O)N[C@H](C)C(=O)Nc3ccccn3)C2)cc1. The molecule has 1 aromatic carbocycles. The topological polar surface area (TPSA) is 118 Å². The van der Waals surface area contributed by atoms with Crippen molar-refractivity contribution >= 4 is 27.7 Å². The van der Waals surface area contributed by atoms with E-state index in [2.05, 4.69) is 15.6 Å². The monoisotopic (exact) mass is 446 g/mol. The van der Waals surface area contributed by atoms with Crippen molar-refractivity contribution in [1.29, 1.82) is 0 Å². The van der Waals surface area contributed by atoms with Crippen molar-refractivity contribution in [3.8, 4) is 5.75 Å². The van der Waals surface area contributed by atoms with Crippen LogP contribution in [0.25, 0.3) is 0 Å². The molecule has 1 aliphatic heterocycles. The summed E-state index contributed by atoms with van der Waals surface area (Å²) in [4.78, 5) is 29.2. The van der Waals surface area contributed by atoms with E-state index in [1.54, 1.807) is 43.5 Å². The van der Waals surface area contributed by atoms with Crippen molar-refractivity contribution < 1.29 is 22.7 Å². The number of benzene rings is 1. The molecule has 1 fully saturated rings. The summed E-state index contributed by atoms with van der Waals surface area (Å²) in [5.41, 5.74) is 0. The van der Waals surface area contributed by atoms with E-state index >= 15 is 0 Å². The highest BCUT2D eigenvalue weighted by Crippen LogP contribution is 2.25. The number of hydrogen-bond acceptors (Lipinski definition) is 6. The van der Waals surface area contributed by atoms with Crippen LogP contribution in [-0.2, 0) is 19.6 Å². The zero-order chi connectivity index (χ0) is 22.4. The van der Waals surface area contributed by atoms with Crippen LogP contribution in [-0.4, -0.2) is 55.8 Å². The van der Waals surface area contributed by atoms with Crippen LogP contribution in [0.15, 0.2) is 53.6 Å². The zero-order valence-corrected chi connectivity index (χ0v) is 18.3. The van der Waals surface area contributed by atoms with E-state index in [0.717, 1.165) is 0 Å². The normalized spacial score (nSPS) is 18.1. The predicted octanol–water partition coefficient (Wildman–Crippen LogP) is 1.63. The Labute approximate surface area is 181 Å². The maximum atomic E-state index is 13.0. The molecule has 9 nitrogen and oxygen atoms in total. The highest BCUT2D eigenvalue weighted by Gasteiger charge is 2.34. The second-order valence-corrected chi connectivity index (χ2v) is 9.25. The minimum Gasteiger partial charge on any atom is -0.497 e. The molecule has 10 heteroatoms. The molecule has 166 valence electrons. The largest absolute Gasteiger partial charge is 0.497 e. The second-order valence-electron chi connectivity index (χ2n) is 7.31. The van der Waals surface area contributed by atoms with Crippen LogP contribution in [0.5, 0.6) is 5.75 Å². The van der Waals surface area contributed by atoms with Gasteiger partial charge in [0.1, 0.15) is 17.6 Å². The fourth-order valence-corrected chi connectivity index (χ4v) is 4.86. The van der Waals surface area contributed by atoms with Gasteiger partial charge in [0.15, 0.2) is 0 Å². The van der Waals surface area contributed by atoms with E-state index in [9.17, 15) is 18.0 Å². The Balaban J connectivity index is 1.61. The Morgan fingerprint density at radius 2 is 1.94 bits per heavy atom. The molecule has 2 aromatic rings. The summed E-state index contributed by atoms with van der Waals surface area (Å²) >= 11 is 0. The number of nitrogens with zero attached hydrogens (tertiary/aromatic N) is 2. The molecule has 1 aromatic heterocycles. The average molecular weight is 447 g/mol. The van der Waals surface area contributed by atoms with Crippen molar-refractivity contribution in [1.82, 2.24) is 14.6 Å². The Morgan fingerprint density at radius 3 is 2.58 bits per heavy atom. The van der Waals surface area contributed by atoms with Gasteiger partial charge in [0, 0.05) is 19.3 Å². The number of rotatable bonds is 7. The number of sulfonamides is 1. The molecule has 1 saturated heterocycles. The maximum absolute atomic E-state index is 13.0. The van der Waals surface area contributed by atoms with E-state index in [0.29, 0.717) is 31.0 Å². The molecule has 0 spiro atoms. The molecule has 2 amide bonds. The first-order chi connectivity index (χ1) is 14.8. The van der Waals surface area contributed by atoms with Crippen molar-refractivity contribution in [3.05, 3.63) is 48.7 Å². The number of carbonyl (C=O) groups excluding carboxylic acids is 2. The Morgan fingerprint density at radius 1 is 1.19 bits per heavy atom. The number of pyridine rings is 1. The number of anilines is 1. The molecule has 0 radical (unpaired) electrons. The van der Waals surface area contributed by atoms with Gasteiger partial charge in [-0.1, -0.05) is 6.07 Å². The molecular formula is C21H26N4O5S. The van der Waals surface area contributed by atoms with Crippen molar-refractivity contribution in [3.63, 3.8) is 0 Å². The fourth-order valence-electron chi connectivity index (χ4n) is 3.34. The molecule has 0 bridgehead atoms. The van der Waals surface area contributed by atoms with Gasteiger partial charge in [0.05, 0.1) is 17.9 Å². The summed E-state index contributed by atoms with van der Waals surface area (Å²) in [7, 11) is -2.22. The van der Waals surface area contributed by atoms with Crippen LogP contribution < -0.4 is 15.4 Å². The minimum absolute atomic E-state index is 0.0643. The lowest BCUT2D eigenvalue weighted by molar-refractivity contribution is -0.129. The van der Waals surface area contributed by atoms with Gasteiger partial charge in [-0.05, 0) is 56.2 Å². The van der Waals surface area contributed by atoms with Crippen LogP contribution >= 0.6 is 0 Å². The Kier molecular flexibility index (Phi) is 7.24. The van der Waals surface area contributed by atoms with Crippen LogP contribution in [0.3, 0.4) is 0 Å². The third-order valence-electron chi connectivity index (χ3n) is 5.12. The van der Waals surface area contributed by atoms with Crippen molar-refractivity contribution in [2.45, 2.75) is 30.7 Å². The lowest BCUT2D eigenvalue weighted by atomic mass is 9.98. The van der Waals surface area contributed by atoms with Gasteiger partial charge in [-0.3, -0.25) is 9.59 Å². The van der Waals surface area contributed by atoms with Gasteiger partial charge in [-0.2, -0.15) is 4.31 Å². The first-order valence-corrected chi connectivity index (χ1v) is 11.4. The molecule has 2 N–H and O–H groups in total. The smallest absolute Gasteiger partial charge is 0.247 e. The van der Waals surface area contributed by atoms with E-state index in [4.69, 9.17) is 4.74 Å². The molecule has 1 aliphatic rings. The number of ether oxygens (including phenoxy) is 1. The van der Waals surface area contributed by atoms with E-state index in [1.807, 2.05) is 0 Å². The number of methoxy groups -OCH3 is 1. The zero-order valence-electron chi connectivity index (χ0n) is 17.4. The Bertz CT molecular complexity index is 1010. The maximum Gasteiger partial charge on any atom is 0.247 e. The number of amides is 2. The molecule has 3 rings (SSSR count). The number of piperidine rings is 1. The van der Waals surface area contributed by atoms with Crippen molar-refractivity contribution in [2.24, 2.45) is 5.92 Å². The summed E-state index contributed by atoms with van der Waals surface area (Å²) in [6, 6.07) is 10.5. The Hall–Kier alpha value is -2.98. The van der Waals surface area contributed by atoms with Gasteiger partial charge in [0.25, 0.3) is 0 Å². The number of hydrogen-bond donors (Lipinski definition) is 2. The first-order valence-electron chi connectivity index (χ1n) is 9.97. The van der Waals surface area contributed by atoms with Gasteiger partial charge in [-0.25, -0.2) is 13.4 Å². The van der Waals surface area contributed by atoms with Gasteiger partial charge >= 0.3 is 0 Å². The van der Waals surface area contributed by atoms with Gasteiger partial charge < -0.3 is 15.4 Å². The van der Waals surface area contributed by atoms with Crippen molar-refractivity contribution in [2.75, 3.05) is 25.5 Å². The van der Waals surface area contributed by atoms with Gasteiger partial charge in [0.2, 0.25) is 21.8 Å². The highest BCUT2D eigenvalue weighted by molar-refractivity contribution is 7.89. The van der Waals surface area contributed by atoms with E-state index < -0.39 is 27.9 Å². The van der Waals surface area contributed by atoms with Crippen LogP contribution in [0.2, 0.25) is 0 Å². The lowest BCUT2D eigenvalue weighted by Crippen LogP contribution is -2.49. The third kappa shape index (κ3) is 5.59. The summed E-state index contributed by atoms with van der Waals surface area (Å²) in [6.45, 7) is 1.98. The summed E-state index contributed by atoms with van der Waals surface area (Å²) < 4.78 is 32.3. The molecule has 31 heavy (non-hydrogen) atoms. The molecule has 2 heterocycles. The molecule has 0 aliphatic carbocycles. The third-order valence-corrected chi connectivity index (χ3v) is 7.00. The average Bonchev–Trinajstić information content (AvgIpc) is 2.79. The first kappa shape index (κ1) is 22.7. The van der Waals surface area contributed by atoms with Crippen LogP contribution in [0.1, 0.15) is 19.8 Å². The predicted molar refractivity (Wildman–Crippen MR) is 115 cm³/mol. The quantitative estimate of drug-likeness (QED) is 0.668.